The predicted molar refractivity (Wildman–Crippen MR) is 111 cm³/mol. The number of nitriles is 1. The van der Waals surface area contributed by atoms with Gasteiger partial charge in [0.1, 0.15) is 0 Å². The first-order valence-electron chi connectivity index (χ1n) is 9.50. The molecule has 2 aromatic heterocycles. The van der Waals surface area contributed by atoms with Gasteiger partial charge in [0, 0.05) is 24.8 Å². The molecule has 1 N–H and O–H groups in total. The minimum absolute atomic E-state index is 0.0763. The lowest BCUT2D eigenvalue weighted by atomic mass is 10.1. The standard InChI is InChI=1S/C22H18N6O/c23-12-15-3-1-4-16(11-15)19-6-7-20-21(26-19)28(18-8-10-27(20)14-18)22(29)25-17-5-2-9-24-13-17/h1-7,9,11,13,18H,8,10,14H2,(H,25,29)/t18-/m0/s1. The molecule has 7 heteroatoms. The number of nitrogens with zero attached hydrogens (tertiary/aromatic N) is 5. The van der Waals surface area contributed by atoms with E-state index in [-0.39, 0.29) is 12.1 Å². The van der Waals surface area contributed by atoms with Crippen molar-refractivity contribution in [3.63, 3.8) is 0 Å². The third-order valence-electron chi connectivity index (χ3n) is 5.37. The highest BCUT2D eigenvalue weighted by atomic mass is 16.2. The van der Waals surface area contributed by atoms with Gasteiger partial charge < -0.3 is 10.2 Å². The molecule has 2 aliphatic heterocycles. The second-order valence-electron chi connectivity index (χ2n) is 7.16. The van der Waals surface area contributed by atoms with Crippen LogP contribution in [0.25, 0.3) is 11.3 Å². The highest BCUT2D eigenvalue weighted by Gasteiger charge is 2.40. The fourth-order valence-corrected chi connectivity index (χ4v) is 4.00. The van der Waals surface area contributed by atoms with Crippen molar-refractivity contribution in [1.82, 2.24) is 9.97 Å². The van der Waals surface area contributed by atoms with Crippen molar-refractivity contribution >= 4 is 23.2 Å². The van der Waals surface area contributed by atoms with Gasteiger partial charge in [0.05, 0.1) is 40.9 Å². The van der Waals surface area contributed by atoms with E-state index in [0.717, 1.165) is 36.5 Å². The minimum atomic E-state index is -0.207. The van der Waals surface area contributed by atoms with E-state index >= 15 is 0 Å². The number of carbonyl (C=O) groups excluding carboxylic acids is 1. The molecular weight excluding hydrogens is 364 g/mol. The Balaban J connectivity index is 1.55. The minimum Gasteiger partial charge on any atom is -0.366 e. The average molecular weight is 382 g/mol. The lowest BCUT2D eigenvalue weighted by Crippen LogP contribution is -2.48. The summed E-state index contributed by atoms with van der Waals surface area (Å²) < 4.78 is 0. The number of anilines is 3. The number of pyridine rings is 2. The largest absolute Gasteiger partial charge is 0.366 e. The Kier molecular flexibility index (Phi) is 4.10. The van der Waals surface area contributed by atoms with E-state index in [1.54, 1.807) is 29.4 Å². The Morgan fingerprint density at radius 1 is 1.21 bits per heavy atom. The van der Waals surface area contributed by atoms with Gasteiger partial charge in [-0.3, -0.25) is 9.88 Å². The molecule has 3 aromatic rings. The first-order chi connectivity index (χ1) is 14.2. The third-order valence-corrected chi connectivity index (χ3v) is 5.37. The maximum Gasteiger partial charge on any atom is 0.327 e. The van der Waals surface area contributed by atoms with E-state index < -0.39 is 0 Å². The van der Waals surface area contributed by atoms with Crippen LogP contribution in [-0.2, 0) is 0 Å². The molecule has 5 rings (SSSR count). The summed E-state index contributed by atoms with van der Waals surface area (Å²) in [4.78, 5) is 26.1. The van der Waals surface area contributed by atoms with Crippen molar-refractivity contribution < 1.29 is 4.79 Å². The predicted octanol–water partition coefficient (Wildman–Crippen LogP) is 3.65. The summed E-state index contributed by atoms with van der Waals surface area (Å²) in [6.07, 6.45) is 4.20. The monoisotopic (exact) mass is 382 g/mol. The molecular formula is C22H18N6O. The highest BCUT2D eigenvalue weighted by molar-refractivity contribution is 6.04. The van der Waals surface area contributed by atoms with E-state index in [9.17, 15) is 10.1 Å². The highest BCUT2D eigenvalue weighted by Crippen LogP contribution is 2.40. The molecule has 1 saturated heterocycles. The van der Waals surface area contributed by atoms with E-state index in [0.29, 0.717) is 17.1 Å². The van der Waals surface area contributed by atoms with E-state index in [2.05, 4.69) is 21.3 Å². The number of rotatable bonds is 2. The zero-order valence-electron chi connectivity index (χ0n) is 15.6. The Hall–Kier alpha value is -3.92. The maximum atomic E-state index is 13.2. The van der Waals surface area contributed by atoms with Gasteiger partial charge in [0.15, 0.2) is 5.82 Å². The van der Waals surface area contributed by atoms with Crippen LogP contribution in [0.15, 0.2) is 60.9 Å². The molecule has 7 nitrogen and oxygen atoms in total. The Bertz CT molecular complexity index is 1120. The van der Waals surface area contributed by atoms with Crippen LogP contribution in [0.1, 0.15) is 12.0 Å². The lowest BCUT2D eigenvalue weighted by Gasteiger charge is -2.35. The van der Waals surface area contributed by atoms with Crippen LogP contribution < -0.4 is 15.1 Å². The van der Waals surface area contributed by atoms with E-state index in [4.69, 9.17) is 4.98 Å². The molecule has 29 heavy (non-hydrogen) atoms. The van der Waals surface area contributed by atoms with Gasteiger partial charge in [-0.1, -0.05) is 12.1 Å². The van der Waals surface area contributed by atoms with Crippen molar-refractivity contribution in [2.24, 2.45) is 0 Å². The summed E-state index contributed by atoms with van der Waals surface area (Å²) in [6, 6.07) is 16.9. The summed E-state index contributed by atoms with van der Waals surface area (Å²) in [5, 5.41) is 12.1. The fourth-order valence-electron chi connectivity index (χ4n) is 4.00. The van der Waals surface area contributed by atoms with E-state index in [1.807, 2.05) is 36.4 Å². The second kappa shape index (κ2) is 6.91. The Morgan fingerprint density at radius 2 is 2.14 bits per heavy atom. The van der Waals surface area contributed by atoms with Crippen LogP contribution in [-0.4, -0.2) is 35.1 Å². The number of nitrogens with one attached hydrogen (secondary N) is 1. The van der Waals surface area contributed by atoms with Gasteiger partial charge in [0.2, 0.25) is 0 Å². The van der Waals surface area contributed by atoms with Gasteiger partial charge in [-0.15, -0.1) is 0 Å². The number of aromatic nitrogens is 2. The van der Waals surface area contributed by atoms with E-state index in [1.165, 1.54) is 0 Å². The molecule has 0 unspecified atom stereocenters. The van der Waals surface area contributed by atoms with Crippen LogP contribution in [0.4, 0.5) is 22.0 Å². The topological polar surface area (TPSA) is 85.1 Å². The SMILES string of the molecule is N#Cc1cccc(-c2ccc3c(n2)N(C(=O)Nc2cccnc2)[C@H]2CCN3C2)c1. The molecule has 1 aromatic carbocycles. The fraction of sp³-hybridized carbons (Fsp3) is 0.182. The molecule has 1 atom stereocenters. The van der Waals surface area contributed by atoms with Crippen LogP contribution in [0.3, 0.4) is 0 Å². The summed E-state index contributed by atoms with van der Waals surface area (Å²) >= 11 is 0. The second-order valence-corrected chi connectivity index (χ2v) is 7.16. The molecule has 2 aliphatic rings. The molecule has 0 radical (unpaired) electrons. The van der Waals surface area contributed by atoms with Gasteiger partial charge in [-0.25, -0.2) is 9.78 Å². The number of hydrogen-bond acceptors (Lipinski definition) is 5. The Labute approximate surface area is 168 Å². The first kappa shape index (κ1) is 17.2. The zero-order valence-corrected chi connectivity index (χ0v) is 15.6. The van der Waals surface area contributed by atoms with Crippen molar-refractivity contribution in [2.75, 3.05) is 28.2 Å². The zero-order chi connectivity index (χ0) is 19.8. The van der Waals surface area contributed by atoms with Crippen LogP contribution >= 0.6 is 0 Å². The number of fused-ring (bicyclic) bond motifs is 4. The lowest BCUT2D eigenvalue weighted by molar-refractivity contribution is 0.255. The Morgan fingerprint density at radius 3 is 2.97 bits per heavy atom. The maximum absolute atomic E-state index is 13.2. The molecule has 2 amide bonds. The normalized spacial score (nSPS) is 16.9. The first-order valence-corrected chi connectivity index (χ1v) is 9.50. The van der Waals surface area contributed by atoms with Crippen LogP contribution in [0.5, 0.6) is 0 Å². The van der Waals surface area contributed by atoms with Crippen LogP contribution in [0.2, 0.25) is 0 Å². The van der Waals surface area contributed by atoms with Crippen molar-refractivity contribution in [2.45, 2.75) is 12.5 Å². The number of benzene rings is 1. The molecule has 0 aliphatic carbocycles. The molecule has 1 fully saturated rings. The molecule has 4 heterocycles. The molecule has 0 spiro atoms. The van der Waals surface area contributed by atoms with Crippen molar-refractivity contribution in [1.29, 1.82) is 5.26 Å². The number of urea groups is 1. The van der Waals surface area contributed by atoms with Crippen molar-refractivity contribution in [3.8, 4) is 17.3 Å². The summed E-state index contributed by atoms with van der Waals surface area (Å²) in [6.45, 7) is 1.71. The number of hydrogen-bond donors (Lipinski definition) is 1. The van der Waals surface area contributed by atoms with Gasteiger partial charge >= 0.3 is 6.03 Å². The van der Waals surface area contributed by atoms with Gasteiger partial charge in [0.25, 0.3) is 0 Å². The van der Waals surface area contributed by atoms with Gasteiger partial charge in [-0.2, -0.15) is 5.26 Å². The summed E-state index contributed by atoms with van der Waals surface area (Å²) in [5.41, 5.74) is 3.78. The average Bonchev–Trinajstić information content (AvgIpc) is 3.18. The third kappa shape index (κ3) is 3.05. The smallest absolute Gasteiger partial charge is 0.327 e. The summed E-state index contributed by atoms with van der Waals surface area (Å²) in [5.74, 6) is 0.653. The molecule has 2 bridgehead atoms. The molecule has 142 valence electrons. The summed E-state index contributed by atoms with van der Waals surface area (Å²) in [7, 11) is 0. The quantitative estimate of drug-likeness (QED) is 0.731. The molecule has 0 saturated carbocycles. The van der Waals surface area contributed by atoms with Crippen molar-refractivity contribution in [3.05, 3.63) is 66.5 Å². The number of amides is 2. The van der Waals surface area contributed by atoms with Crippen LogP contribution in [0, 0.1) is 11.3 Å². The number of carbonyl (C=O) groups is 1. The van der Waals surface area contributed by atoms with Gasteiger partial charge in [-0.05, 0) is 42.8 Å².